The predicted molar refractivity (Wildman–Crippen MR) is 63.9 cm³/mol. The van der Waals surface area contributed by atoms with Crippen molar-refractivity contribution in [1.29, 1.82) is 0 Å². The molecule has 0 aliphatic heterocycles. The lowest BCUT2D eigenvalue weighted by Crippen LogP contribution is -1.87. The molecule has 73 valence electrons. The van der Waals surface area contributed by atoms with Crippen LogP contribution in [0.5, 0.6) is 0 Å². The third-order valence-electron chi connectivity index (χ3n) is 3.20. The number of rotatable bonds is 0. The zero-order valence-electron chi connectivity index (χ0n) is 9.04. The van der Waals surface area contributed by atoms with Crippen LogP contribution in [0.1, 0.15) is 22.3 Å². The Balaban J connectivity index is 2.37. The molecular weight excluding hydrogens is 180 g/mol. The lowest BCUT2D eigenvalue weighted by atomic mass is 9.97. The van der Waals surface area contributed by atoms with E-state index < -0.39 is 0 Å². The fraction of sp³-hybridized carbons (Fsp3) is 0.133. The second-order valence-electron chi connectivity index (χ2n) is 4.22. The van der Waals surface area contributed by atoms with Gasteiger partial charge in [0, 0.05) is 6.42 Å². The van der Waals surface area contributed by atoms with Gasteiger partial charge in [-0.2, -0.15) is 0 Å². The minimum Gasteiger partial charge on any atom is -0.0619 e. The van der Waals surface area contributed by atoms with Crippen LogP contribution in [0.4, 0.5) is 0 Å². The van der Waals surface area contributed by atoms with Crippen molar-refractivity contribution in [3.05, 3.63) is 65.1 Å². The van der Waals surface area contributed by atoms with Crippen LogP contribution in [0.15, 0.2) is 36.4 Å². The molecule has 0 atom stereocenters. The van der Waals surface area contributed by atoms with Gasteiger partial charge in [-0.1, -0.05) is 36.4 Å². The van der Waals surface area contributed by atoms with Gasteiger partial charge in [-0.15, -0.1) is 0 Å². The molecule has 0 saturated carbocycles. The smallest absolute Gasteiger partial charge is 0.0214 e. The third kappa shape index (κ3) is 1.14. The Morgan fingerprint density at radius 2 is 1.53 bits per heavy atom. The highest BCUT2D eigenvalue weighted by Crippen LogP contribution is 2.41. The molecular formula is C15H13. The summed E-state index contributed by atoms with van der Waals surface area (Å²) in [6, 6.07) is 13.0. The number of benzene rings is 2. The van der Waals surface area contributed by atoms with Crippen molar-refractivity contribution in [2.45, 2.75) is 13.8 Å². The molecule has 0 heteroatoms. The minimum absolute atomic E-state index is 1.35. The van der Waals surface area contributed by atoms with Crippen molar-refractivity contribution in [2.24, 2.45) is 0 Å². The molecule has 1 radical (unpaired) electrons. The number of hydrogen-bond donors (Lipinski definition) is 0. The molecule has 1 aliphatic rings. The quantitative estimate of drug-likeness (QED) is 0.508. The van der Waals surface area contributed by atoms with Crippen molar-refractivity contribution in [3.8, 4) is 11.1 Å². The first-order valence-corrected chi connectivity index (χ1v) is 5.32. The van der Waals surface area contributed by atoms with E-state index in [4.69, 9.17) is 0 Å². The van der Waals surface area contributed by atoms with E-state index in [2.05, 4.69) is 56.7 Å². The van der Waals surface area contributed by atoms with Crippen molar-refractivity contribution >= 4 is 0 Å². The van der Waals surface area contributed by atoms with Gasteiger partial charge < -0.3 is 0 Å². The molecule has 2 aromatic carbocycles. The summed E-state index contributed by atoms with van der Waals surface area (Å²) < 4.78 is 0. The summed E-state index contributed by atoms with van der Waals surface area (Å²) in [5.74, 6) is 0. The largest absolute Gasteiger partial charge is 0.0619 e. The fourth-order valence-corrected chi connectivity index (χ4v) is 2.38. The van der Waals surface area contributed by atoms with Crippen molar-refractivity contribution in [2.75, 3.05) is 0 Å². The molecule has 15 heavy (non-hydrogen) atoms. The third-order valence-corrected chi connectivity index (χ3v) is 3.20. The van der Waals surface area contributed by atoms with Crippen LogP contribution in [0.2, 0.25) is 0 Å². The maximum atomic E-state index is 2.30. The van der Waals surface area contributed by atoms with Gasteiger partial charge in [0.05, 0.1) is 0 Å². The molecule has 0 aromatic heterocycles. The van der Waals surface area contributed by atoms with Gasteiger partial charge in [-0.3, -0.25) is 0 Å². The highest BCUT2D eigenvalue weighted by molar-refractivity contribution is 5.84. The molecule has 0 heterocycles. The van der Waals surface area contributed by atoms with Crippen LogP contribution in [-0.4, -0.2) is 0 Å². The lowest BCUT2D eigenvalue weighted by Gasteiger charge is -2.07. The van der Waals surface area contributed by atoms with Crippen molar-refractivity contribution < 1.29 is 0 Å². The Morgan fingerprint density at radius 3 is 2.40 bits per heavy atom. The molecule has 0 nitrogen and oxygen atoms in total. The van der Waals surface area contributed by atoms with E-state index in [0.717, 1.165) is 0 Å². The Hall–Kier alpha value is -1.56. The van der Waals surface area contributed by atoms with Crippen LogP contribution in [0.25, 0.3) is 11.1 Å². The predicted octanol–water partition coefficient (Wildman–Crippen LogP) is 3.88. The molecule has 0 fully saturated rings. The molecule has 0 unspecified atom stereocenters. The number of fused-ring (bicyclic) bond motifs is 3. The number of aryl methyl sites for hydroxylation is 2. The van der Waals surface area contributed by atoms with E-state index >= 15 is 0 Å². The van der Waals surface area contributed by atoms with Gasteiger partial charge in [0.15, 0.2) is 0 Å². The molecule has 1 aliphatic carbocycles. The summed E-state index contributed by atoms with van der Waals surface area (Å²) in [7, 11) is 0. The average Bonchev–Trinajstić information content (AvgIpc) is 2.64. The Kier molecular flexibility index (Phi) is 1.72. The van der Waals surface area contributed by atoms with E-state index in [0.29, 0.717) is 0 Å². The summed E-state index contributed by atoms with van der Waals surface area (Å²) >= 11 is 0. The fourth-order valence-electron chi connectivity index (χ4n) is 2.38. The van der Waals surface area contributed by atoms with Gasteiger partial charge in [0.25, 0.3) is 0 Å². The number of hydrogen-bond acceptors (Lipinski definition) is 0. The van der Waals surface area contributed by atoms with Crippen molar-refractivity contribution in [1.82, 2.24) is 0 Å². The summed E-state index contributed by atoms with van der Waals surface area (Å²) in [6.07, 6.45) is 2.30. The SMILES string of the molecule is Cc1ccc(C)c2c1[CH]c1ccccc1-2. The average molecular weight is 193 g/mol. The van der Waals surface area contributed by atoms with Crippen LogP contribution in [0, 0.1) is 20.3 Å². The van der Waals surface area contributed by atoms with E-state index in [9.17, 15) is 0 Å². The Bertz CT molecular complexity index is 536. The van der Waals surface area contributed by atoms with Gasteiger partial charge in [-0.25, -0.2) is 0 Å². The highest BCUT2D eigenvalue weighted by Gasteiger charge is 2.20. The molecule has 0 bridgehead atoms. The Morgan fingerprint density at radius 1 is 0.800 bits per heavy atom. The van der Waals surface area contributed by atoms with E-state index in [1.165, 1.54) is 33.4 Å². The van der Waals surface area contributed by atoms with Crippen LogP contribution < -0.4 is 0 Å². The second-order valence-corrected chi connectivity index (χ2v) is 4.22. The van der Waals surface area contributed by atoms with Gasteiger partial charge in [0.2, 0.25) is 0 Å². The maximum absolute atomic E-state index is 2.30. The standard InChI is InChI=1S/C15H13/c1-10-7-8-11(2)15-13-6-4-3-5-12(13)9-14(10)15/h3-9H,1-2H3. The molecule has 0 N–H and O–H groups in total. The highest BCUT2D eigenvalue weighted by atomic mass is 14.2. The second kappa shape index (κ2) is 2.96. The van der Waals surface area contributed by atoms with E-state index in [1.54, 1.807) is 0 Å². The first-order valence-electron chi connectivity index (χ1n) is 5.32. The van der Waals surface area contributed by atoms with Crippen LogP contribution in [-0.2, 0) is 0 Å². The molecule has 0 saturated heterocycles. The molecule has 2 aromatic rings. The van der Waals surface area contributed by atoms with Crippen LogP contribution >= 0.6 is 0 Å². The monoisotopic (exact) mass is 193 g/mol. The normalized spacial score (nSPS) is 12.4. The first-order chi connectivity index (χ1) is 7.27. The van der Waals surface area contributed by atoms with Gasteiger partial charge in [-0.05, 0) is 47.2 Å². The van der Waals surface area contributed by atoms with E-state index in [1.807, 2.05) is 0 Å². The van der Waals surface area contributed by atoms with Crippen molar-refractivity contribution in [3.63, 3.8) is 0 Å². The summed E-state index contributed by atoms with van der Waals surface area (Å²) in [4.78, 5) is 0. The first kappa shape index (κ1) is 8.72. The Labute approximate surface area is 90.6 Å². The minimum atomic E-state index is 1.35. The van der Waals surface area contributed by atoms with Gasteiger partial charge >= 0.3 is 0 Å². The topological polar surface area (TPSA) is 0 Å². The zero-order valence-corrected chi connectivity index (χ0v) is 9.04. The molecule has 3 rings (SSSR count). The summed E-state index contributed by atoms with van der Waals surface area (Å²) in [5.41, 5.74) is 8.30. The summed E-state index contributed by atoms with van der Waals surface area (Å²) in [6.45, 7) is 4.37. The lowest BCUT2D eigenvalue weighted by molar-refractivity contribution is 1.36. The maximum Gasteiger partial charge on any atom is 0.0214 e. The molecule has 0 spiro atoms. The van der Waals surface area contributed by atoms with E-state index in [-0.39, 0.29) is 0 Å². The zero-order chi connectivity index (χ0) is 10.4. The van der Waals surface area contributed by atoms with Gasteiger partial charge in [0.1, 0.15) is 0 Å². The van der Waals surface area contributed by atoms with Crippen LogP contribution in [0.3, 0.4) is 0 Å². The summed E-state index contributed by atoms with van der Waals surface area (Å²) in [5, 5.41) is 0. The molecule has 0 amide bonds.